The van der Waals surface area contributed by atoms with Crippen LogP contribution in [0.4, 0.5) is 0 Å². The first-order chi connectivity index (χ1) is 22.5. The van der Waals surface area contributed by atoms with Crippen LogP contribution >= 0.6 is 21.6 Å². The van der Waals surface area contributed by atoms with Crippen LogP contribution in [0.5, 0.6) is 0 Å². The zero-order chi connectivity index (χ0) is 34.2. The Morgan fingerprint density at radius 1 is 0.326 bits per heavy atom. The summed E-state index contributed by atoms with van der Waals surface area (Å²) in [5.74, 6) is 0. The van der Waals surface area contributed by atoms with Gasteiger partial charge in [-0.25, -0.2) is 0 Å². The smallest absolute Gasteiger partial charge is 0.373 e. The fraction of sp³-hybridized carbons (Fsp3) is 1.00. The van der Waals surface area contributed by atoms with Crippen molar-refractivity contribution in [2.75, 3.05) is 39.6 Å². The van der Waals surface area contributed by atoms with Crippen molar-refractivity contribution in [3.05, 3.63) is 0 Å². The summed E-state index contributed by atoms with van der Waals surface area (Å²) in [5, 5.41) is 0. The fourth-order valence-corrected chi connectivity index (χ4v) is 18.6. The lowest BCUT2D eigenvalue weighted by Crippen LogP contribution is -2.56. The maximum atomic E-state index is 6.50. The van der Waals surface area contributed by atoms with Gasteiger partial charge in [-0.15, -0.1) is 0 Å². The van der Waals surface area contributed by atoms with Gasteiger partial charge >= 0.3 is 17.6 Å². The lowest BCUT2D eigenvalue weighted by molar-refractivity contribution is 0.0676. The largest absolute Gasteiger partial charge is 0.515 e. The third kappa shape index (κ3) is 21.2. The van der Waals surface area contributed by atoms with Crippen molar-refractivity contribution < 1.29 is 26.6 Å². The van der Waals surface area contributed by atoms with E-state index in [1.807, 2.05) is 21.6 Å². The van der Waals surface area contributed by atoms with Gasteiger partial charge in [0.05, 0.1) is 9.75 Å². The molecule has 0 aromatic heterocycles. The summed E-state index contributed by atoms with van der Waals surface area (Å²) in [7, 11) is -2.02. The second-order valence-electron chi connectivity index (χ2n) is 12.2. The van der Waals surface area contributed by atoms with Crippen molar-refractivity contribution in [2.45, 2.75) is 194 Å². The fourth-order valence-electron chi connectivity index (χ4n) is 6.00. The van der Waals surface area contributed by atoms with E-state index in [1.54, 1.807) is 0 Å². The van der Waals surface area contributed by atoms with Gasteiger partial charge in [-0.2, -0.15) is 0 Å². The Morgan fingerprint density at radius 3 is 0.761 bits per heavy atom. The molecule has 0 bridgehead atoms. The van der Waals surface area contributed by atoms with Crippen molar-refractivity contribution in [1.82, 2.24) is 0 Å². The van der Waals surface area contributed by atoms with Crippen LogP contribution in [-0.4, -0.2) is 67.0 Å². The first-order valence-corrected chi connectivity index (χ1v) is 25.5. The SMILES string of the molecule is CCCCCCCCCCCC(SSC(CCCCCCCCCCC)[Si](OCC)(OCC)OCC)[Si](OCC)(OCC)OCC. The van der Waals surface area contributed by atoms with Gasteiger partial charge in [-0.05, 0) is 54.4 Å². The van der Waals surface area contributed by atoms with Crippen molar-refractivity contribution in [3.63, 3.8) is 0 Å². The van der Waals surface area contributed by atoms with E-state index < -0.39 is 17.6 Å². The summed E-state index contributed by atoms with van der Waals surface area (Å²) in [4.78, 5) is 0.313. The molecule has 0 spiro atoms. The lowest BCUT2D eigenvalue weighted by atomic mass is 10.1. The molecule has 6 nitrogen and oxygen atoms in total. The van der Waals surface area contributed by atoms with E-state index >= 15 is 0 Å². The van der Waals surface area contributed by atoms with Crippen LogP contribution in [0.25, 0.3) is 0 Å². The maximum Gasteiger partial charge on any atom is 0.515 e. The predicted octanol–water partition coefficient (Wildman–Crippen LogP) is 12.1. The van der Waals surface area contributed by atoms with E-state index in [2.05, 4.69) is 55.4 Å². The third-order valence-corrected chi connectivity index (χ3v) is 20.8. The summed E-state index contributed by atoms with van der Waals surface area (Å²) < 4.78 is 39.0. The Labute approximate surface area is 297 Å². The number of rotatable bonds is 37. The molecule has 2 unspecified atom stereocenters. The molecule has 0 amide bonds. The molecule has 10 heteroatoms. The Hall–Kier alpha value is 0.894. The minimum atomic E-state index is -2.92. The molecular formula is C36H78O6S2Si2. The monoisotopic (exact) mass is 726 g/mol. The summed E-state index contributed by atoms with van der Waals surface area (Å²) >= 11 is 0. The Kier molecular flexibility index (Phi) is 33.7. The van der Waals surface area contributed by atoms with E-state index in [9.17, 15) is 0 Å². The molecule has 0 aliphatic carbocycles. The number of unbranched alkanes of at least 4 members (excludes halogenated alkanes) is 16. The molecule has 0 rings (SSSR count). The second kappa shape index (κ2) is 33.1. The van der Waals surface area contributed by atoms with E-state index in [0.717, 1.165) is 12.8 Å². The van der Waals surface area contributed by atoms with Crippen molar-refractivity contribution in [2.24, 2.45) is 0 Å². The van der Waals surface area contributed by atoms with Gasteiger partial charge in [-0.1, -0.05) is 151 Å². The van der Waals surface area contributed by atoms with Gasteiger partial charge in [0.25, 0.3) is 0 Å². The zero-order valence-electron chi connectivity index (χ0n) is 31.8. The molecule has 0 aliphatic rings. The standard InChI is InChI=1S/C36H78O6S2Si2/c1-9-17-19-21-23-25-27-29-31-33-35(45(37-11-3,38-12-4)39-13-5)43-44-36(46(40-14-6,41-15-7)42-16-8)34-32-30-28-26-24-22-20-18-10-2/h35-36H,9-34H2,1-8H3. The average Bonchev–Trinajstić information content (AvgIpc) is 3.04. The van der Waals surface area contributed by atoms with E-state index in [-0.39, 0.29) is 9.75 Å². The van der Waals surface area contributed by atoms with Crippen LogP contribution in [0, 0.1) is 0 Å². The van der Waals surface area contributed by atoms with Crippen LogP contribution in [0.3, 0.4) is 0 Å². The molecule has 0 N–H and O–H groups in total. The molecule has 0 aliphatic heterocycles. The minimum absolute atomic E-state index is 0.157. The molecule has 0 fully saturated rings. The normalized spacial score (nSPS) is 13.8. The lowest BCUT2D eigenvalue weighted by Gasteiger charge is -2.38. The molecule has 0 saturated heterocycles. The summed E-state index contributed by atoms with van der Waals surface area (Å²) in [6.45, 7) is 20.6. The molecule has 0 aromatic carbocycles. The summed E-state index contributed by atoms with van der Waals surface area (Å²) in [6.07, 6.45) is 25.8. The molecule has 0 radical (unpaired) electrons. The van der Waals surface area contributed by atoms with Gasteiger partial charge in [0.2, 0.25) is 0 Å². The Bertz CT molecular complexity index is 551. The summed E-state index contributed by atoms with van der Waals surface area (Å²) in [5.41, 5.74) is 0. The molecular weight excluding hydrogens is 649 g/mol. The molecule has 0 aromatic rings. The zero-order valence-corrected chi connectivity index (χ0v) is 35.4. The predicted molar refractivity (Wildman–Crippen MR) is 208 cm³/mol. The minimum Gasteiger partial charge on any atom is -0.373 e. The van der Waals surface area contributed by atoms with E-state index in [4.69, 9.17) is 26.6 Å². The first-order valence-electron chi connectivity index (χ1n) is 19.6. The maximum absolute atomic E-state index is 6.50. The quantitative estimate of drug-likeness (QED) is 0.0356. The molecule has 278 valence electrons. The van der Waals surface area contributed by atoms with Crippen LogP contribution < -0.4 is 0 Å². The Balaban J connectivity index is 5.74. The molecule has 0 heterocycles. The van der Waals surface area contributed by atoms with E-state index in [1.165, 1.54) is 116 Å². The number of hydrogen-bond acceptors (Lipinski definition) is 8. The van der Waals surface area contributed by atoms with Crippen LogP contribution in [0.2, 0.25) is 0 Å². The highest BCUT2D eigenvalue weighted by Crippen LogP contribution is 2.44. The number of hydrogen-bond donors (Lipinski definition) is 0. The van der Waals surface area contributed by atoms with Crippen molar-refractivity contribution in [3.8, 4) is 0 Å². The molecule has 46 heavy (non-hydrogen) atoms. The molecule has 0 saturated carbocycles. The third-order valence-electron chi connectivity index (χ3n) is 8.29. The van der Waals surface area contributed by atoms with Crippen LogP contribution in [-0.2, 0) is 26.6 Å². The van der Waals surface area contributed by atoms with Crippen molar-refractivity contribution >= 4 is 39.2 Å². The Morgan fingerprint density at radius 2 is 0.543 bits per heavy atom. The van der Waals surface area contributed by atoms with Gasteiger partial charge in [-0.3, -0.25) is 0 Å². The highest BCUT2D eigenvalue weighted by molar-refractivity contribution is 8.77. The van der Waals surface area contributed by atoms with Crippen molar-refractivity contribution in [1.29, 1.82) is 0 Å². The molecule has 2 atom stereocenters. The second-order valence-corrected chi connectivity index (χ2v) is 21.3. The average molecular weight is 727 g/mol. The van der Waals surface area contributed by atoms with Gasteiger partial charge in [0.1, 0.15) is 0 Å². The van der Waals surface area contributed by atoms with Gasteiger partial charge in [0, 0.05) is 39.6 Å². The van der Waals surface area contributed by atoms with Gasteiger partial charge < -0.3 is 26.6 Å². The van der Waals surface area contributed by atoms with E-state index in [0.29, 0.717) is 39.6 Å². The first kappa shape index (κ1) is 46.9. The summed E-state index contributed by atoms with van der Waals surface area (Å²) in [6, 6.07) is 0. The van der Waals surface area contributed by atoms with Gasteiger partial charge in [0.15, 0.2) is 0 Å². The van der Waals surface area contributed by atoms with Crippen LogP contribution in [0.1, 0.15) is 184 Å². The van der Waals surface area contributed by atoms with Crippen LogP contribution in [0.15, 0.2) is 0 Å². The highest BCUT2D eigenvalue weighted by Gasteiger charge is 2.53. The highest BCUT2D eigenvalue weighted by atomic mass is 33.1. The topological polar surface area (TPSA) is 55.4 Å².